The second-order valence-electron chi connectivity index (χ2n) is 7.15. The molecule has 1 aliphatic rings. The van der Waals surface area contributed by atoms with E-state index < -0.39 is 0 Å². The highest BCUT2D eigenvalue weighted by Crippen LogP contribution is 2.26. The van der Waals surface area contributed by atoms with Gasteiger partial charge in [-0.25, -0.2) is 0 Å². The molecule has 0 spiro atoms. The first-order valence-corrected chi connectivity index (χ1v) is 9.18. The van der Waals surface area contributed by atoms with Crippen molar-refractivity contribution in [3.8, 4) is 0 Å². The summed E-state index contributed by atoms with van der Waals surface area (Å²) in [6, 6.07) is 10.4. The Kier molecular flexibility index (Phi) is 4.45. The number of piperidine rings is 1. The van der Waals surface area contributed by atoms with Crippen molar-refractivity contribution >= 4 is 16.8 Å². The third kappa shape index (κ3) is 3.09. The van der Waals surface area contributed by atoms with Crippen LogP contribution in [0.25, 0.3) is 10.9 Å². The van der Waals surface area contributed by atoms with Crippen LogP contribution < -0.4 is 0 Å². The minimum absolute atomic E-state index is 0.0468. The number of aromatic nitrogens is 2. The Morgan fingerprint density at radius 1 is 1.27 bits per heavy atom. The van der Waals surface area contributed by atoms with Crippen molar-refractivity contribution in [2.24, 2.45) is 5.92 Å². The average Bonchev–Trinajstić information content (AvgIpc) is 3.00. The number of pyridine rings is 1. The number of carbonyl (C=O) groups is 1. The number of nitrogens with zero attached hydrogens (tertiary/aromatic N) is 3. The standard InChI is InChI=1S/C21H23N3O2/c1-14-20(15(2)26-23-14)21(25)24-11-5-6-16(13-24)12-17-7-3-9-19-18(17)8-4-10-22-19/h3-4,7-10,16H,5-6,11-13H2,1-2H3/t16-/m0/s1. The Balaban J connectivity index is 1.53. The molecular formula is C21H23N3O2. The minimum Gasteiger partial charge on any atom is -0.361 e. The number of likely N-dealkylation sites (tertiary alicyclic amines) is 1. The van der Waals surface area contributed by atoms with Gasteiger partial charge in [0.2, 0.25) is 0 Å². The molecule has 3 heterocycles. The fraction of sp³-hybridized carbons (Fsp3) is 0.381. The number of fused-ring (bicyclic) bond motifs is 1. The number of hydrogen-bond acceptors (Lipinski definition) is 4. The van der Waals surface area contributed by atoms with Gasteiger partial charge in [0.1, 0.15) is 11.3 Å². The Morgan fingerprint density at radius 2 is 2.15 bits per heavy atom. The van der Waals surface area contributed by atoms with E-state index in [9.17, 15) is 4.79 Å². The fourth-order valence-electron chi connectivity index (χ4n) is 4.02. The molecule has 1 saturated heterocycles. The molecule has 1 aliphatic heterocycles. The van der Waals surface area contributed by atoms with E-state index in [0.29, 0.717) is 22.9 Å². The van der Waals surface area contributed by atoms with E-state index in [2.05, 4.69) is 28.3 Å². The normalized spacial score (nSPS) is 17.6. The molecule has 0 bridgehead atoms. The summed E-state index contributed by atoms with van der Waals surface area (Å²) in [5.74, 6) is 1.11. The van der Waals surface area contributed by atoms with Crippen molar-refractivity contribution in [1.82, 2.24) is 15.0 Å². The number of hydrogen-bond donors (Lipinski definition) is 0. The number of rotatable bonds is 3. The van der Waals surface area contributed by atoms with Gasteiger partial charge >= 0.3 is 0 Å². The maximum Gasteiger partial charge on any atom is 0.259 e. The van der Waals surface area contributed by atoms with E-state index in [1.165, 1.54) is 10.9 Å². The largest absolute Gasteiger partial charge is 0.361 e. The van der Waals surface area contributed by atoms with Crippen molar-refractivity contribution in [2.45, 2.75) is 33.1 Å². The van der Waals surface area contributed by atoms with Gasteiger partial charge in [-0.05, 0) is 56.7 Å². The second-order valence-corrected chi connectivity index (χ2v) is 7.15. The summed E-state index contributed by atoms with van der Waals surface area (Å²) in [7, 11) is 0. The summed E-state index contributed by atoms with van der Waals surface area (Å²) >= 11 is 0. The topological polar surface area (TPSA) is 59.2 Å². The zero-order valence-corrected chi connectivity index (χ0v) is 15.2. The zero-order valence-electron chi connectivity index (χ0n) is 15.2. The maximum atomic E-state index is 12.9. The molecule has 4 rings (SSSR count). The Bertz CT molecular complexity index is 923. The molecule has 1 fully saturated rings. The maximum absolute atomic E-state index is 12.9. The van der Waals surface area contributed by atoms with Crippen LogP contribution >= 0.6 is 0 Å². The molecule has 3 aromatic rings. The number of amides is 1. The van der Waals surface area contributed by atoms with Crippen molar-refractivity contribution < 1.29 is 9.32 Å². The van der Waals surface area contributed by atoms with Gasteiger partial charge in [-0.15, -0.1) is 0 Å². The SMILES string of the molecule is Cc1noc(C)c1C(=O)N1CCC[C@@H](Cc2cccc3ncccc23)C1. The molecule has 2 aromatic heterocycles. The van der Waals surface area contributed by atoms with Gasteiger partial charge in [0.05, 0.1) is 11.2 Å². The van der Waals surface area contributed by atoms with Crippen LogP contribution in [-0.2, 0) is 6.42 Å². The molecular weight excluding hydrogens is 326 g/mol. The first-order valence-electron chi connectivity index (χ1n) is 9.18. The minimum atomic E-state index is 0.0468. The predicted molar refractivity (Wildman–Crippen MR) is 100 cm³/mol. The zero-order chi connectivity index (χ0) is 18.1. The van der Waals surface area contributed by atoms with Gasteiger partial charge in [0, 0.05) is 24.7 Å². The van der Waals surface area contributed by atoms with E-state index in [-0.39, 0.29) is 5.91 Å². The van der Waals surface area contributed by atoms with E-state index in [1.54, 1.807) is 6.92 Å². The van der Waals surface area contributed by atoms with E-state index >= 15 is 0 Å². The molecule has 1 aromatic carbocycles. The third-order valence-electron chi connectivity index (χ3n) is 5.30. The summed E-state index contributed by atoms with van der Waals surface area (Å²) in [4.78, 5) is 19.3. The van der Waals surface area contributed by atoms with Crippen LogP contribution in [0.5, 0.6) is 0 Å². The van der Waals surface area contributed by atoms with Crippen molar-refractivity contribution in [2.75, 3.05) is 13.1 Å². The number of aryl methyl sites for hydroxylation is 2. The lowest BCUT2D eigenvalue weighted by Crippen LogP contribution is -2.40. The van der Waals surface area contributed by atoms with Crippen LogP contribution in [0.4, 0.5) is 0 Å². The monoisotopic (exact) mass is 349 g/mol. The molecule has 26 heavy (non-hydrogen) atoms. The summed E-state index contributed by atoms with van der Waals surface area (Å²) in [6.45, 7) is 5.21. The Morgan fingerprint density at radius 3 is 2.96 bits per heavy atom. The number of carbonyl (C=O) groups excluding carboxylic acids is 1. The van der Waals surface area contributed by atoms with E-state index in [1.807, 2.05) is 30.2 Å². The quantitative estimate of drug-likeness (QED) is 0.719. The van der Waals surface area contributed by atoms with E-state index in [0.717, 1.165) is 37.9 Å². The van der Waals surface area contributed by atoms with Crippen LogP contribution in [-0.4, -0.2) is 34.0 Å². The molecule has 0 saturated carbocycles. The van der Waals surface area contributed by atoms with Crippen LogP contribution in [0.3, 0.4) is 0 Å². The highest BCUT2D eigenvalue weighted by molar-refractivity contribution is 5.96. The highest BCUT2D eigenvalue weighted by Gasteiger charge is 2.28. The van der Waals surface area contributed by atoms with Gasteiger partial charge in [-0.3, -0.25) is 9.78 Å². The predicted octanol–water partition coefficient (Wildman–Crippen LogP) is 3.93. The van der Waals surface area contributed by atoms with Crippen molar-refractivity contribution in [1.29, 1.82) is 0 Å². The van der Waals surface area contributed by atoms with Crippen LogP contribution in [0.15, 0.2) is 41.1 Å². The van der Waals surface area contributed by atoms with Crippen molar-refractivity contribution in [3.63, 3.8) is 0 Å². The lowest BCUT2D eigenvalue weighted by Gasteiger charge is -2.33. The average molecular weight is 349 g/mol. The lowest BCUT2D eigenvalue weighted by molar-refractivity contribution is 0.0671. The molecule has 0 unspecified atom stereocenters. The first-order chi connectivity index (χ1) is 12.6. The van der Waals surface area contributed by atoms with Gasteiger partial charge in [-0.1, -0.05) is 23.4 Å². The molecule has 0 aliphatic carbocycles. The lowest BCUT2D eigenvalue weighted by atomic mass is 9.89. The van der Waals surface area contributed by atoms with Crippen LogP contribution in [0, 0.1) is 19.8 Å². The Labute approximate surface area is 153 Å². The first kappa shape index (κ1) is 16.8. The molecule has 134 valence electrons. The van der Waals surface area contributed by atoms with Gasteiger partial charge in [0.25, 0.3) is 5.91 Å². The number of benzene rings is 1. The van der Waals surface area contributed by atoms with Gasteiger partial charge in [0.15, 0.2) is 0 Å². The van der Waals surface area contributed by atoms with Gasteiger partial charge in [-0.2, -0.15) is 0 Å². The molecule has 1 atom stereocenters. The smallest absolute Gasteiger partial charge is 0.259 e. The molecule has 5 nitrogen and oxygen atoms in total. The van der Waals surface area contributed by atoms with E-state index in [4.69, 9.17) is 4.52 Å². The highest BCUT2D eigenvalue weighted by atomic mass is 16.5. The molecule has 5 heteroatoms. The summed E-state index contributed by atoms with van der Waals surface area (Å²) < 4.78 is 5.17. The fourth-order valence-corrected chi connectivity index (χ4v) is 4.02. The molecule has 0 N–H and O–H groups in total. The summed E-state index contributed by atoms with van der Waals surface area (Å²) in [6.07, 6.45) is 4.97. The van der Waals surface area contributed by atoms with Crippen LogP contribution in [0.1, 0.15) is 40.2 Å². The third-order valence-corrected chi connectivity index (χ3v) is 5.30. The summed E-state index contributed by atoms with van der Waals surface area (Å²) in [5, 5.41) is 5.14. The molecule has 0 radical (unpaired) electrons. The summed E-state index contributed by atoms with van der Waals surface area (Å²) in [5.41, 5.74) is 3.64. The van der Waals surface area contributed by atoms with Crippen molar-refractivity contribution in [3.05, 3.63) is 59.1 Å². The van der Waals surface area contributed by atoms with Gasteiger partial charge < -0.3 is 9.42 Å². The van der Waals surface area contributed by atoms with Crippen LogP contribution in [0.2, 0.25) is 0 Å². The second kappa shape index (κ2) is 6.90. The Hall–Kier alpha value is -2.69. The molecule has 1 amide bonds.